The van der Waals surface area contributed by atoms with Crippen molar-refractivity contribution in [3.8, 4) is 11.8 Å². The number of hydrogen-bond acceptors (Lipinski definition) is 6. The average Bonchev–Trinajstić information content (AvgIpc) is 2.87. The fraction of sp³-hybridized carbons (Fsp3) is 0.385. The van der Waals surface area contributed by atoms with Crippen LogP contribution in [0.4, 0.5) is 5.69 Å². The van der Waals surface area contributed by atoms with Crippen LogP contribution in [-0.4, -0.2) is 65.1 Å². The Hall–Kier alpha value is -2.96. The molecule has 2 saturated heterocycles. The first kappa shape index (κ1) is 20.9. The summed E-state index contributed by atoms with van der Waals surface area (Å²) in [5.41, 5.74) is 2.67. The summed E-state index contributed by atoms with van der Waals surface area (Å²) >= 11 is 0. The first-order valence-electron chi connectivity index (χ1n) is 11.6. The summed E-state index contributed by atoms with van der Waals surface area (Å²) in [5, 5.41) is 0. The second kappa shape index (κ2) is 10.1. The number of rotatable bonds is 6. The van der Waals surface area contributed by atoms with Gasteiger partial charge in [0.15, 0.2) is 0 Å². The summed E-state index contributed by atoms with van der Waals surface area (Å²) in [6.45, 7) is 7.86. The van der Waals surface area contributed by atoms with Crippen LogP contribution in [0.25, 0.3) is 0 Å². The largest absolute Gasteiger partial charge is 0.424 e. The van der Waals surface area contributed by atoms with E-state index in [1.54, 1.807) is 18.5 Å². The molecule has 0 bridgehead atoms. The first-order valence-corrected chi connectivity index (χ1v) is 11.6. The van der Waals surface area contributed by atoms with Crippen molar-refractivity contribution in [3.05, 3.63) is 78.6 Å². The fourth-order valence-corrected chi connectivity index (χ4v) is 4.82. The molecule has 3 heterocycles. The van der Waals surface area contributed by atoms with Gasteiger partial charge in [0.1, 0.15) is 5.75 Å². The number of piperazine rings is 1. The highest BCUT2D eigenvalue weighted by molar-refractivity contribution is 5.46. The monoisotopic (exact) mass is 429 g/mol. The smallest absolute Gasteiger partial charge is 0.321 e. The Morgan fingerprint density at radius 2 is 1.56 bits per heavy atom. The number of ether oxygens (including phenoxy) is 1. The Labute approximate surface area is 190 Å². The van der Waals surface area contributed by atoms with Crippen molar-refractivity contribution in [2.24, 2.45) is 0 Å². The van der Waals surface area contributed by atoms with Crippen molar-refractivity contribution < 1.29 is 4.74 Å². The first-order chi connectivity index (χ1) is 15.8. The third kappa shape index (κ3) is 5.26. The second-order valence-corrected chi connectivity index (χ2v) is 8.67. The van der Waals surface area contributed by atoms with Crippen LogP contribution >= 0.6 is 0 Å². The van der Waals surface area contributed by atoms with Crippen molar-refractivity contribution in [2.75, 3.05) is 44.2 Å². The Morgan fingerprint density at radius 3 is 2.31 bits per heavy atom. The quantitative estimate of drug-likeness (QED) is 0.589. The predicted molar refractivity (Wildman–Crippen MR) is 127 cm³/mol. The van der Waals surface area contributed by atoms with E-state index < -0.39 is 0 Å². The molecule has 166 valence electrons. The van der Waals surface area contributed by atoms with E-state index in [2.05, 4.69) is 67.1 Å². The molecule has 0 amide bonds. The highest BCUT2D eigenvalue weighted by Crippen LogP contribution is 2.23. The van der Waals surface area contributed by atoms with Gasteiger partial charge in [0, 0.05) is 63.4 Å². The summed E-state index contributed by atoms with van der Waals surface area (Å²) < 4.78 is 5.71. The van der Waals surface area contributed by atoms with Crippen LogP contribution in [0.5, 0.6) is 11.8 Å². The lowest BCUT2D eigenvalue weighted by Crippen LogP contribution is -2.55. The molecule has 2 aromatic carbocycles. The highest BCUT2D eigenvalue weighted by Gasteiger charge is 2.28. The van der Waals surface area contributed by atoms with Gasteiger partial charge in [-0.1, -0.05) is 30.3 Å². The van der Waals surface area contributed by atoms with E-state index in [1.807, 2.05) is 12.1 Å². The van der Waals surface area contributed by atoms with E-state index in [0.717, 1.165) is 45.0 Å². The van der Waals surface area contributed by atoms with Gasteiger partial charge in [0.05, 0.1) is 0 Å². The van der Waals surface area contributed by atoms with Crippen LogP contribution in [0, 0.1) is 0 Å². The van der Waals surface area contributed by atoms with Gasteiger partial charge in [-0.05, 0) is 55.3 Å². The summed E-state index contributed by atoms with van der Waals surface area (Å²) in [6.07, 6.45) is 5.96. The standard InChI is InChI=1S/C26H31N5O/c1-2-6-23(7-3-1)30-16-18-31(19-17-30)24-8-4-15-29(21-24)20-22-9-11-25(12-10-22)32-26-27-13-5-14-28-26/h1-3,5-7,9-14,24H,4,8,15-21H2. The van der Waals surface area contributed by atoms with Crippen LogP contribution in [0.3, 0.4) is 0 Å². The third-order valence-electron chi connectivity index (χ3n) is 6.51. The lowest BCUT2D eigenvalue weighted by atomic mass is 10.0. The average molecular weight is 430 g/mol. The summed E-state index contributed by atoms with van der Waals surface area (Å²) in [5.74, 6) is 0.771. The lowest BCUT2D eigenvalue weighted by Gasteiger charge is -2.44. The number of para-hydroxylation sites is 1. The normalized spacial score (nSPS) is 20.2. The molecule has 5 rings (SSSR count). The Morgan fingerprint density at radius 1 is 0.812 bits per heavy atom. The molecule has 6 heteroatoms. The number of piperidine rings is 1. The topological polar surface area (TPSA) is 44.7 Å². The summed E-state index contributed by atoms with van der Waals surface area (Å²) in [6, 6.07) is 22.0. The lowest BCUT2D eigenvalue weighted by molar-refractivity contribution is 0.0888. The molecule has 1 atom stereocenters. The molecule has 0 radical (unpaired) electrons. The van der Waals surface area contributed by atoms with Gasteiger partial charge in [-0.25, -0.2) is 9.97 Å². The van der Waals surface area contributed by atoms with Crippen molar-refractivity contribution in [1.82, 2.24) is 19.8 Å². The minimum Gasteiger partial charge on any atom is -0.424 e. The number of hydrogen-bond donors (Lipinski definition) is 0. The predicted octanol–water partition coefficient (Wildman–Crippen LogP) is 4.06. The van der Waals surface area contributed by atoms with Crippen molar-refractivity contribution in [3.63, 3.8) is 0 Å². The van der Waals surface area contributed by atoms with Gasteiger partial charge < -0.3 is 9.64 Å². The minimum atomic E-state index is 0.381. The van der Waals surface area contributed by atoms with Gasteiger partial charge in [-0.15, -0.1) is 0 Å². The molecule has 32 heavy (non-hydrogen) atoms. The second-order valence-electron chi connectivity index (χ2n) is 8.67. The molecule has 0 spiro atoms. The minimum absolute atomic E-state index is 0.381. The van der Waals surface area contributed by atoms with Gasteiger partial charge in [0.2, 0.25) is 0 Å². The highest BCUT2D eigenvalue weighted by atomic mass is 16.5. The van der Waals surface area contributed by atoms with Crippen LogP contribution in [0.15, 0.2) is 73.1 Å². The number of benzene rings is 2. The van der Waals surface area contributed by atoms with Crippen molar-refractivity contribution in [1.29, 1.82) is 0 Å². The summed E-state index contributed by atoms with van der Waals surface area (Å²) in [7, 11) is 0. The zero-order chi connectivity index (χ0) is 21.6. The third-order valence-corrected chi connectivity index (χ3v) is 6.51. The molecular weight excluding hydrogens is 398 g/mol. The number of aromatic nitrogens is 2. The van der Waals surface area contributed by atoms with Crippen LogP contribution < -0.4 is 9.64 Å². The van der Waals surface area contributed by atoms with E-state index in [9.17, 15) is 0 Å². The molecule has 2 aliphatic rings. The molecule has 1 unspecified atom stereocenters. The number of anilines is 1. The van der Waals surface area contributed by atoms with Crippen LogP contribution in [-0.2, 0) is 6.54 Å². The maximum absolute atomic E-state index is 5.71. The van der Waals surface area contributed by atoms with E-state index in [0.29, 0.717) is 12.1 Å². The van der Waals surface area contributed by atoms with Gasteiger partial charge in [0.25, 0.3) is 0 Å². The van der Waals surface area contributed by atoms with E-state index in [1.165, 1.54) is 30.6 Å². The van der Waals surface area contributed by atoms with Gasteiger partial charge >= 0.3 is 6.01 Å². The van der Waals surface area contributed by atoms with Crippen LogP contribution in [0.2, 0.25) is 0 Å². The molecule has 2 fully saturated rings. The van der Waals surface area contributed by atoms with E-state index >= 15 is 0 Å². The Balaban J connectivity index is 1.12. The molecular formula is C26H31N5O. The molecule has 0 aliphatic carbocycles. The Bertz CT molecular complexity index is 959. The van der Waals surface area contributed by atoms with Crippen molar-refractivity contribution in [2.45, 2.75) is 25.4 Å². The molecule has 2 aliphatic heterocycles. The van der Waals surface area contributed by atoms with E-state index in [4.69, 9.17) is 4.74 Å². The Kier molecular flexibility index (Phi) is 6.61. The SMILES string of the molecule is c1ccc(N2CCN(C3CCCN(Cc4ccc(Oc5ncccn5)cc4)C3)CC2)cc1. The molecule has 1 aromatic heterocycles. The van der Waals surface area contributed by atoms with Gasteiger partial charge in [-0.3, -0.25) is 9.80 Å². The molecule has 0 N–H and O–H groups in total. The molecule has 6 nitrogen and oxygen atoms in total. The molecule has 0 saturated carbocycles. The van der Waals surface area contributed by atoms with Crippen molar-refractivity contribution >= 4 is 5.69 Å². The maximum atomic E-state index is 5.71. The number of likely N-dealkylation sites (tertiary alicyclic amines) is 1. The number of nitrogens with zero attached hydrogens (tertiary/aromatic N) is 5. The van der Waals surface area contributed by atoms with E-state index in [-0.39, 0.29) is 0 Å². The summed E-state index contributed by atoms with van der Waals surface area (Å²) in [4.78, 5) is 16.1. The molecule has 3 aromatic rings. The maximum Gasteiger partial charge on any atom is 0.321 e. The fourth-order valence-electron chi connectivity index (χ4n) is 4.82. The van der Waals surface area contributed by atoms with Gasteiger partial charge in [-0.2, -0.15) is 0 Å². The zero-order valence-electron chi connectivity index (χ0n) is 18.5. The van der Waals surface area contributed by atoms with Crippen LogP contribution in [0.1, 0.15) is 18.4 Å². The zero-order valence-corrected chi connectivity index (χ0v) is 18.5.